The minimum absolute atomic E-state index is 0.0712. The molecule has 0 aliphatic carbocycles. The second kappa shape index (κ2) is 6.84. The predicted octanol–water partition coefficient (Wildman–Crippen LogP) is 3.46. The Labute approximate surface area is 164 Å². The van der Waals surface area contributed by atoms with Crippen molar-refractivity contribution in [1.82, 2.24) is 14.9 Å². The van der Waals surface area contributed by atoms with E-state index in [4.69, 9.17) is 9.72 Å². The maximum Gasteiger partial charge on any atom is 0.253 e. The molecule has 3 heterocycles. The minimum Gasteiger partial charge on any atom is -0.376 e. The van der Waals surface area contributed by atoms with Gasteiger partial charge >= 0.3 is 0 Å². The molecule has 1 fully saturated rings. The summed E-state index contributed by atoms with van der Waals surface area (Å²) >= 11 is 0. The van der Waals surface area contributed by atoms with E-state index >= 15 is 0 Å². The maximum absolute atomic E-state index is 12.9. The number of aromatic nitrogens is 2. The Kier molecular flexibility index (Phi) is 4.17. The Bertz CT molecular complexity index is 1010. The van der Waals surface area contributed by atoms with Crippen molar-refractivity contribution in [2.24, 2.45) is 0 Å². The molecule has 5 heteroatoms. The highest BCUT2D eigenvalue weighted by Crippen LogP contribution is 2.40. The number of hydrogen-bond donors (Lipinski definition) is 0. The Balaban J connectivity index is 1.48. The van der Waals surface area contributed by atoms with Crippen molar-refractivity contribution in [3.63, 3.8) is 0 Å². The molecule has 0 radical (unpaired) electrons. The smallest absolute Gasteiger partial charge is 0.253 e. The van der Waals surface area contributed by atoms with Crippen LogP contribution in [0.3, 0.4) is 0 Å². The summed E-state index contributed by atoms with van der Waals surface area (Å²) in [5.74, 6) is 0.801. The van der Waals surface area contributed by atoms with Crippen LogP contribution in [0.25, 0.3) is 11.4 Å². The molecule has 1 unspecified atom stereocenters. The molecule has 5 rings (SSSR count). The molecule has 140 valence electrons. The van der Waals surface area contributed by atoms with Crippen molar-refractivity contribution in [2.75, 3.05) is 19.7 Å². The lowest BCUT2D eigenvalue weighted by Crippen LogP contribution is -2.41. The van der Waals surface area contributed by atoms with Gasteiger partial charge in [0.15, 0.2) is 5.82 Å². The third-order valence-electron chi connectivity index (χ3n) is 5.70. The third-order valence-corrected chi connectivity index (χ3v) is 5.70. The summed E-state index contributed by atoms with van der Waals surface area (Å²) in [6, 6.07) is 19.5. The molecule has 2 aromatic carbocycles. The van der Waals surface area contributed by atoms with E-state index in [2.05, 4.69) is 4.98 Å². The van der Waals surface area contributed by atoms with Crippen LogP contribution >= 0.6 is 0 Å². The molecular weight excluding hydrogens is 350 g/mol. The van der Waals surface area contributed by atoms with Gasteiger partial charge in [0.05, 0.1) is 24.3 Å². The molecule has 1 atom stereocenters. The Hall–Kier alpha value is -3.05. The molecular formula is C23H21N3O2. The van der Waals surface area contributed by atoms with Gasteiger partial charge in [0, 0.05) is 36.0 Å². The highest BCUT2D eigenvalue weighted by molar-refractivity contribution is 5.94. The van der Waals surface area contributed by atoms with Gasteiger partial charge in [0.2, 0.25) is 0 Å². The largest absolute Gasteiger partial charge is 0.376 e. The summed E-state index contributed by atoms with van der Waals surface area (Å²) in [6.07, 6.45) is 2.73. The van der Waals surface area contributed by atoms with Crippen molar-refractivity contribution in [3.8, 4) is 11.4 Å². The first kappa shape index (κ1) is 17.1. The number of hydrogen-bond acceptors (Lipinski definition) is 4. The van der Waals surface area contributed by atoms with E-state index < -0.39 is 0 Å². The number of nitrogens with zero attached hydrogens (tertiary/aromatic N) is 3. The number of amides is 1. The van der Waals surface area contributed by atoms with Crippen molar-refractivity contribution in [2.45, 2.75) is 18.4 Å². The van der Waals surface area contributed by atoms with Crippen molar-refractivity contribution in [1.29, 1.82) is 0 Å². The lowest BCUT2D eigenvalue weighted by molar-refractivity contribution is 0.0485. The molecule has 0 N–H and O–H groups in total. The maximum atomic E-state index is 12.9. The number of carbonyl (C=O) groups excluding carboxylic acids is 1. The van der Waals surface area contributed by atoms with Crippen LogP contribution in [-0.4, -0.2) is 40.5 Å². The van der Waals surface area contributed by atoms with Gasteiger partial charge in [0.1, 0.15) is 0 Å². The summed E-state index contributed by atoms with van der Waals surface area (Å²) in [7, 11) is 0. The zero-order chi connectivity index (χ0) is 19.0. The first-order chi connectivity index (χ1) is 13.8. The van der Waals surface area contributed by atoms with Gasteiger partial charge in [-0.25, -0.2) is 9.97 Å². The number of benzene rings is 2. The van der Waals surface area contributed by atoms with Crippen LogP contribution in [0.15, 0.2) is 66.9 Å². The fourth-order valence-corrected chi connectivity index (χ4v) is 4.24. The van der Waals surface area contributed by atoms with Gasteiger partial charge in [-0.05, 0) is 18.6 Å². The molecule has 0 saturated carbocycles. The Morgan fingerprint density at radius 1 is 1.04 bits per heavy atom. The van der Waals surface area contributed by atoms with Gasteiger partial charge < -0.3 is 9.64 Å². The summed E-state index contributed by atoms with van der Waals surface area (Å²) in [5, 5.41) is 0. The van der Waals surface area contributed by atoms with Gasteiger partial charge in [-0.1, -0.05) is 48.5 Å². The van der Waals surface area contributed by atoms with Gasteiger partial charge in [-0.2, -0.15) is 0 Å². The van der Waals surface area contributed by atoms with Crippen LogP contribution in [0, 0.1) is 0 Å². The van der Waals surface area contributed by atoms with Crippen LogP contribution < -0.4 is 0 Å². The summed E-state index contributed by atoms with van der Waals surface area (Å²) in [5.41, 5.74) is 3.53. The van der Waals surface area contributed by atoms with E-state index in [0.717, 1.165) is 34.6 Å². The molecule has 1 saturated heterocycles. The number of ether oxygens (including phenoxy) is 1. The third kappa shape index (κ3) is 2.88. The van der Waals surface area contributed by atoms with E-state index in [0.29, 0.717) is 26.3 Å². The predicted molar refractivity (Wildman–Crippen MR) is 106 cm³/mol. The van der Waals surface area contributed by atoms with Gasteiger partial charge in [-0.15, -0.1) is 0 Å². The van der Waals surface area contributed by atoms with Crippen molar-refractivity contribution >= 4 is 5.91 Å². The van der Waals surface area contributed by atoms with Crippen LogP contribution in [0.4, 0.5) is 0 Å². The summed E-state index contributed by atoms with van der Waals surface area (Å²) in [4.78, 5) is 24.4. The highest BCUT2D eigenvalue weighted by atomic mass is 16.5. The molecule has 1 amide bonds. The number of likely N-dealkylation sites (tertiary alicyclic amines) is 1. The monoisotopic (exact) mass is 371 g/mol. The minimum atomic E-state index is -0.259. The molecule has 2 aliphatic heterocycles. The van der Waals surface area contributed by atoms with Crippen LogP contribution in [0.1, 0.15) is 28.0 Å². The summed E-state index contributed by atoms with van der Waals surface area (Å²) in [6.45, 7) is 2.45. The first-order valence-electron chi connectivity index (χ1n) is 9.59. The van der Waals surface area contributed by atoms with Crippen LogP contribution in [0.5, 0.6) is 0 Å². The highest BCUT2D eigenvalue weighted by Gasteiger charge is 2.46. The fraction of sp³-hybridized carbons (Fsp3) is 0.261. The number of rotatable bonds is 2. The molecule has 3 aromatic rings. The quantitative estimate of drug-likeness (QED) is 0.692. The second-order valence-corrected chi connectivity index (χ2v) is 7.55. The molecule has 1 aromatic heterocycles. The average molecular weight is 371 g/mol. The van der Waals surface area contributed by atoms with E-state index in [1.165, 1.54) is 0 Å². The normalized spacial score (nSPS) is 20.9. The summed E-state index contributed by atoms with van der Waals surface area (Å²) < 4.78 is 5.90. The van der Waals surface area contributed by atoms with Crippen molar-refractivity contribution < 1.29 is 9.53 Å². The van der Waals surface area contributed by atoms with Gasteiger partial charge in [0.25, 0.3) is 5.91 Å². The van der Waals surface area contributed by atoms with Crippen LogP contribution in [0.2, 0.25) is 0 Å². The van der Waals surface area contributed by atoms with Gasteiger partial charge in [-0.3, -0.25) is 4.79 Å². The molecule has 2 aliphatic rings. The topological polar surface area (TPSA) is 55.3 Å². The molecule has 0 bridgehead atoms. The number of carbonyl (C=O) groups is 1. The van der Waals surface area contributed by atoms with E-state index in [1.807, 2.05) is 71.8 Å². The van der Waals surface area contributed by atoms with E-state index in [1.54, 1.807) is 0 Å². The molecule has 5 nitrogen and oxygen atoms in total. The standard InChI is InChI=1S/C23H21N3O2/c27-22(18-9-5-2-6-10-18)26-12-11-23(15-26)16-28-14-19-13-24-21(25-20(19)23)17-7-3-1-4-8-17/h1-10,13H,11-12,14-16H2. The second-order valence-electron chi connectivity index (χ2n) is 7.55. The average Bonchev–Trinajstić information content (AvgIpc) is 3.19. The van der Waals surface area contributed by atoms with E-state index in [9.17, 15) is 4.79 Å². The molecule has 1 spiro atoms. The zero-order valence-electron chi connectivity index (χ0n) is 15.5. The lowest BCUT2D eigenvalue weighted by atomic mass is 9.80. The Morgan fingerprint density at radius 2 is 1.79 bits per heavy atom. The Morgan fingerprint density at radius 3 is 2.57 bits per heavy atom. The first-order valence-corrected chi connectivity index (χ1v) is 9.59. The SMILES string of the molecule is O=C(c1ccccc1)N1CCC2(COCc3cnc(-c4ccccc4)nc32)C1. The number of fused-ring (bicyclic) bond motifs is 2. The van der Waals surface area contributed by atoms with Crippen LogP contribution in [-0.2, 0) is 16.8 Å². The van der Waals surface area contributed by atoms with Crippen molar-refractivity contribution in [3.05, 3.63) is 83.7 Å². The zero-order valence-corrected chi connectivity index (χ0v) is 15.5. The fourth-order valence-electron chi connectivity index (χ4n) is 4.24. The van der Waals surface area contributed by atoms with E-state index in [-0.39, 0.29) is 11.3 Å². The lowest BCUT2D eigenvalue weighted by Gasteiger charge is -2.34. The molecule has 28 heavy (non-hydrogen) atoms.